The third-order valence-electron chi connectivity index (χ3n) is 2.59. The van der Waals surface area contributed by atoms with E-state index in [4.69, 9.17) is 12.2 Å². The summed E-state index contributed by atoms with van der Waals surface area (Å²) in [6, 6.07) is 4.16. The minimum atomic E-state index is -0.599. The summed E-state index contributed by atoms with van der Waals surface area (Å²) < 4.78 is 4.40. The lowest BCUT2D eigenvalue weighted by Gasteiger charge is -2.10. The van der Waals surface area contributed by atoms with Crippen molar-refractivity contribution in [1.29, 1.82) is 0 Å². The van der Waals surface area contributed by atoms with Crippen LogP contribution >= 0.6 is 12.2 Å². The summed E-state index contributed by atoms with van der Waals surface area (Å²) in [6.07, 6.45) is 0. The highest BCUT2D eigenvalue weighted by molar-refractivity contribution is 7.80. The fraction of sp³-hybridized carbons (Fsp3) is 0.250. The van der Waals surface area contributed by atoms with Crippen LogP contribution in [0.3, 0.4) is 0 Å². The summed E-state index contributed by atoms with van der Waals surface area (Å²) in [5.74, 6) is -1.14. The molecule has 0 aromatic heterocycles. The van der Waals surface area contributed by atoms with Gasteiger partial charge in [0.05, 0.1) is 12.0 Å². The summed E-state index contributed by atoms with van der Waals surface area (Å²) in [4.78, 5) is 33.1. The second-order valence-electron chi connectivity index (χ2n) is 3.92. The molecule has 21 heavy (non-hydrogen) atoms. The fourth-order valence-electron chi connectivity index (χ4n) is 1.51. The normalized spacial score (nSPS) is 9.62. The summed E-state index contributed by atoms with van der Waals surface area (Å²) in [7, 11) is 1.22. The predicted octanol–water partition coefficient (Wildman–Crippen LogP) is 0.681. The summed E-state index contributed by atoms with van der Waals surface area (Å²) in [5, 5.41) is 15.6. The van der Waals surface area contributed by atoms with Crippen molar-refractivity contribution in [1.82, 2.24) is 10.6 Å². The lowest BCUT2D eigenvalue weighted by Crippen LogP contribution is -2.41. The number of benzene rings is 1. The molecule has 1 aromatic rings. The smallest absolute Gasteiger partial charge is 0.325 e. The van der Waals surface area contributed by atoms with E-state index in [1.165, 1.54) is 32.2 Å². The number of amides is 1. The lowest BCUT2D eigenvalue weighted by molar-refractivity contribution is -0.385. The van der Waals surface area contributed by atoms with Crippen LogP contribution in [0.4, 0.5) is 5.69 Å². The third-order valence-corrected chi connectivity index (χ3v) is 2.84. The van der Waals surface area contributed by atoms with E-state index in [1.54, 1.807) is 0 Å². The molecule has 0 bridgehead atoms. The Hall–Kier alpha value is -2.55. The molecule has 9 heteroatoms. The van der Waals surface area contributed by atoms with Crippen molar-refractivity contribution in [2.75, 3.05) is 13.7 Å². The second kappa shape index (κ2) is 7.29. The van der Waals surface area contributed by atoms with E-state index in [-0.39, 0.29) is 28.5 Å². The number of hydrogen-bond donors (Lipinski definition) is 2. The Kier molecular flexibility index (Phi) is 5.73. The van der Waals surface area contributed by atoms with Crippen molar-refractivity contribution in [2.45, 2.75) is 6.92 Å². The first-order chi connectivity index (χ1) is 9.86. The highest BCUT2D eigenvalue weighted by Crippen LogP contribution is 2.20. The molecule has 0 saturated carbocycles. The first kappa shape index (κ1) is 16.5. The van der Waals surface area contributed by atoms with Crippen LogP contribution in [0, 0.1) is 17.0 Å². The van der Waals surface area contributed by atoms with Crippen LogP contribution in [-0.4, -0.2) is 35.6 Å². The summed E-state index contributed by atoms with van der Waals surface area (Å²) >= 11 is 4.84. The first-order valence-corrected chi connectivity index (χ1v) is 6.17. The average Bonchev–Trinajstić information content (AvgIpc) is 2.44. The Bertz CT molecular complexity index is 603. The van der Waals surface area contributed by atoms with Gasteiger partial charge in [-0.15, -0.1) is 0 Å². The van der Waals surface area contributed by atoms with Gasteiger partial charge in [0, 0.05) is 17.2 Å². The van der Waals surface area contributed by atoms with Crippen LogP contribution < -0.4 is 10.6 Å². The Morgan fingerprint density at radius 2 is 2.10 bits per heavy atom. The van der Waals surface area contributed by atoms with Gasteiger partial charge in [0.25, 0.3) is 11.6 Å². The number of carbonyl (C=O) groups excluding carboxylic acids is 2. The van der Waals surface area contributed by atoms with E-state index >= 15 is 0 Å². The van der Waals surface area contributed by atoms with Gasteiger partial charge in [0.15, 0.2) is 5.11 Å². The maximum absolute atomic E-state index is 12.0. The maximum atomic E-state index is 12.0. The molecule has 0 aliphatic rings. The predicted molar refractivity (Wildman–Crippen MR) is 77.9 cm³/mol. The van der Waals surface area contributed by atoms with E-state index in [2.05, 4.69) is 15.4 Å². The van der Waals surface area contributed by atoms with E-state index in [1.807, 2.05) is 0 Å². The molecular weight excluding hydrogens is 298 g/mol. The fourth-order valence-corrected chi connectivity index (χ4v) is 1.67. The molecule has 1 amide bonds. The van der Waals surface area contributed by atoms with Gasteiger partial charge in [-0.25, -0.2) is 0 Å². The largest absolute Gasteiger partial charge is 0.468 e. The Morgan fingerprint density at radius 3 is 2.67 bits per heavy atom. The standard InChI is InChI=1S/C12H13N3O5S/c1-7-8(4-3-5-9(7)15(18)19)11(17)14-12(21)13-6-10(16)20-2/h3-5H,6H2,1-2H3,(H2,13,14,17,21). The third kappa shape index (κ3) is 4.49. The highest BCUT2D eigenvalue weighted by atomic mass is 32.1. The van der Waals surface area contributed by atoms with E-state index < -0.39 is 16.8 Å². The lowest BCUT2D eigenvalue weighted by atomic mass is 10.1. The molecule has 112 valence electrons. The number of rotatable bonds is 4. The van der Waals surface area contributed by atoms with Gasteiger partial charge in [-0.1, -0.05) is 6.07 Å². The Morgan fingerprint density at radius 1 is 1.43 bits per heavy atom. The summed E-state index contributed by atoms with van der Waals surface area (Å²) in [5.41, 5.74) is 0.207. The number of carbonyl (C=O) groups is 2. The van der Waals surface area contributed by atoms with Gasteiger partial charge in [0.2, 0.25) is 0 Å². The van der Waals surface area contributed by atoms with Gasteiger partial charge in [-0.2, -0.15) is 0 Å². The Balaban J connectivity index is 2.76. The number of ether oxygens (including phenoxy) is 1. The number of nitrogens with zero attached hydrogens (tertiary/aromatic N) is 1. The van der Waals surface area contributed by atoms with Gasteiger partial charge < -0.3 is 10.1 Å². The minimum absolute atomic E-state index is 0.0729. The monoisotopic (exact) mass is 311 g/mol. The van der Waals surface area contributed by atoms with Crippen LogP contribution in [0.1, 0.15) is 15.9 Å². The highest BCUT2D eigenvalue weighted by Gasteiger charge is 2.18. The minimum Gasteiger partial charge on any atom is -0.468 e. The molecule has 1 rings (SSSR count). The molecule has 0 spiro atoms. The van der Waals surface area contributed by atoms with Crippen molar-refractivity contribution < 1.29 is 19.2 Å². The van der Waals surface area contributed by atoms with Gasteiger partial charge >= 0.3 is 5.97 Å². The van der Waals surface area contributed by atoms with Crippen LogP contribution in [0.25, 0.3) is 0 Å². The van der Waals surface area contributed by atoms with Crippen molar-refractivity contribution in [3.63, 3.8) is 0 Å². The zero-order chi connectivity index (χ0) is 16.0. The molecule has 0 radical (unpaired) electrons. The topological polar surface area (TPSA) is 111 Å². The van der Waals surface area contributed by atoms with Crippen molar-refractivity contribution >= 4 is 34.9 Å². The number of esters is 1. The van der Waals surface area contributed by atoms with Crippen LogP contribution in [-0.2, 0) is 9.53 Å². The van der Waals surface area contributed by atoms with Gasteiger partial charge in [-0.3, -0.25) is 25.0 Å². The quantitative estimate of drug-likeness (QED) is 0.364. The number of hydrogen-bond acceptors (Lipinski definition) is 6. The molecule has 0 aliphatic carbocycles. The van der Waals surface area contributed by atoms with Crippen LogP contribution in [0.5, 0.6) is 0 Å². The number of methoxy groups -OCH3 is 1. The molecule has 0 unspecified atom stereocenters. The summed E-state index contributed by atoms with van der Waals surface area (Å²) in [6.45, 7) is 1.28. The SMILES string of the molecule is COC(=O)CNC(=S)NC(=O)c1cccc([N+](=O)[O-])c1C. The zero-order valence-electron chi connectivity index (χ0n) is 11.3. The van der Waals surface area contributed by atoms with Crippen molar-refractivity contribution in [2.24, 2.45) is 0 Å². The number of nitrogens with one attached hydrogen (secondary N) is 2. The molecule has 0 aliphatic heterocycles. The number of thiocarbonyl (C=S) groups is 1. The van der Waals surface area contributed by atoms with Crippen molar-refractivity contribution in [3.05, 3.63) is 39.4 Å². The maximum Gasteiger partial charge on any atom is 0.325 e. The van der Waals surface area contributed by atoms with Gasteiger partial charge in [0.1, 0.15) is 6.54 Å². The molecule has 0 fully saturated rings. The number of nitro groups is 1. The van der Waals surface area contributed by atoms with Gasteiger partial charge in [-0.05, 0) is 25.2 Å². The van der Waals surface area contributed by atoms with Crippen molar-refractivity contribution in [3.8, 4) is 0 Å². The first-order valence-electron chi connectivity index (χ1n) is 5.76. The van der Waals surface area contributed by atoms with Crippen LogP contribution in [0.15, 0.2) is 18.2 Å². The molecule has 0 saturated heterocycles. The average molecular weight is 311 g/mol. The van der Waals surface area contributed by atoms with E-state index in [0.717, 1.165) is 0 Å². The number of nitro benzene ring substituents is 1. The molecule has 1 aromatic carbocycles. The molecule has 2 N–H and O–H groups in total. The van der Waals surface area contributed by atoms with E-state index in [9.17, 15) is 19.7 Å². The molecule has 0 atom stereocenters. The molecule has 0 heterocycles. The Labute approximate surface area is 125 Å². The van der Waals surface area contributed by atoms with Crippen LogP contribution in [0.2, 0.25) is 0 Å². The second-order valence-corrected chi connectivity index (χ2v) is 4.33. The molecule has 8 nitrogen and oxygen atoms in total. The van der Waals surface area contributed by atoms with E-state index in [0.29, 0.717) is 0 Å². The zero-order valence-corrected chi connectivity index (χ0v) is 12.2. The molecular formula is C12H13N3O5S.